The molecule has 0 amide bonds. The van der Waals surface area contributed by atoms with Gasteiger partial charge in [-0.25, -0.2) is 5.10 Å². The van der Waals surface area contributed by atoms with E-state index in [-0.39, 0.29) is 0 Å². The highest BCUT2D eigenvalue weighted by Gasteiger charge is 2.11. The lowest BCUT2D eigenvalue weighted by molar-refractivity contribution is 0.305. The molecule has 1 heterocycles. The van der Waals surface area contributed by atoms with Crippen LogP contribution in [-0.4, -0.2) is 27.7 Å². The summed E-state index contributed by atoms with van der Waals surface area (Å²) in [6.45, 7) is 2.95. The number of nitrogens with zero attached hydrogens (tertiary/aromatic N) is 3. The molecule has 7 heteroatoms. The van der Waals surface area contributed by atoms with Gasteiger partial charge in [0.2, 0.25) is 4.77 Å². The quantitative estimate of drug-likeness (QED) is 0.261. The van der Waals surface area contributed by atoms with Crippen molar-refractivity contribution in [2.24, 2.45) is 5.10 Å². The number of ether oxygens (including phenoxy) is 1. The number of rotatable bonds is 9. The van der Waals surface area contributed by atoms with E-state index in [0.717, 1.165) is 29.9 Å². The lowest BCUT2D eigenvalue weighted by atomic mass is 10.2. The Balaban J connectivity index is 1.69. The summed E-state index contributed by atoms with van der Waals surface area (Å²) in [6, 6.07) is 15.3. The van der Waals surface area contributed by atoms with Gasteiger partial charge in [0.05, 0.1) is 17.8 Å². The molecule has 0 unspecified atom stereocenters. The van der Waals surface area contributed by atoms with Crippen molar-refractivity contribution in [2.45, 2.75) is 32.6 Å². The van der Waals surface area contributed by atoms with Crippen LogP contribution in [0.2, 0.25) is 5.02 Å². The summed E-state index contributed by atoms with van der Waals surface area (Å²) < 4.78 is 7.74. The third kappa shape index (κ3) is 5.30. The van der Waals surface area contributed by atoms with Crippen molar-refractivity contribution in [1.29, 1.82) is 0 Å². The first-order valence-corrected chi connectivity index (χ1v) is 10.2. The van der Waals surface area contributed by atoms with Crippen LogP contribution in [0.25, 0.3) is 11.4 Å². The topological polar surface area (TPSA) is 55.2 Å². The Bertz CT molecular complexity index is 979. The van der Waals surface area contributed by atoms with Crippen LogP contribution in [0.15, 0.2) is 53.6 Å². The van der Waals surface area contributed by atoms with Crippen molar-refractivity contribution in [3.8, 4) is 17.1 Å². The third-order valence-electron chi connectivity index (χ3n) is 4.23. The van der Waals surface area contributed by atoms with Crippen LogP contribution in [0.3, 0.4) is 0 Å². The molecule has 3 aromatic rings. The van der Waals surface area contributed by atoms with Gasteiger partial charge in [-0.1, -0.05) is 49.9 Å². The Hall–Kier alpha value is -2.44. The van der Waals surface area contributed by atoms with Crippen molar-refractivity contribution >= 4 is 30.0 Å². The van der Waals surface area contributed by atoms with Gasteiger partial charge in [0.15, 0.2) is 5.82 Å². The highest BCUT2D eigenvalue weighted by Crippen LogP contribution is 2.25. The maximum Gasteiger partial charge on any atom is 0.216 e. The fraction of sp³-hybridized carbons (Fsp3) is 0.286. The van der Waals surface area contributed by atoms with Gasteiger partial charge in [-0.2, -0.15) is 14.9 Å². The molecular weight excluding hydrogens is 392 g/mol. The fourth-order valence-corrected chi connectivity index (χ4v) is 3.11. The van der Waals surface area contributed by atoms with Gasteiger partial charge in [0, 0.05) is 5.56 Å². The van der Waals surface area contributed by atoms with Gasteiger partial charge in [-0.05, 0) is 60.6 Å². The van der Waals surface area contributed by atoms with Gasteiger partial charge >= 0.3 is 0 Å². The summed E-state index contributed by atoms with van der Waals surface area (Å²) in [5.41, 5.74) is 1.70. The second-order valence-corrected chi connectivity index (χ2v) is 7.16. The van der Waals surface area contributed by atoms with Crippen molar-refractivity contribution in [2.75, 3.05) is 6.61 Å². The van der Waals surface area contributed by atoms with E-state index in [1.807, 2.05) is 48.5 Å². The number of halogens is 1. The van der Waals surface area contributed by atoms with Crippen LogP contribution < -0.4 is 4.74 Å². The molecule has 0 aliphatic rings. The number of hydrogen-bond donors (Lipinski definition) is 1. The number of nitrogens with one attached hydrogen (secondary N) is 1. The smallest absolute Gasteiger partial charge is 0.216 e. The third-order valence-corrected chi connectivity index (χ3v) is 4.83. The van der Waals surface area contributed by atoms with Crippen molar-refractivity contribution in [3.63, 3.8) is 0 Å². The predicted molar refractivity (Wildman–Crippen MR) is 117 cm³/mol. The minimum atomic E-state index is 0.401. The number of unbranched alkanes of at least 4 members (excludes halogenated alkanes) is 3. The fourth-order valence-electron chi connectivity index (χ4n) is 2.71. The van der Waals surface area contributed by atoms with Gasteiger partial charge in [-0.15, -0.1) is 0 Å². The largest absolute Gasteiger partial charge is 0.494 e. The van der Waals surface area contributed by atoms with Crippen LogP contribution in [0.1, 0.15) is 38.2 Å². The van der Waals surface area contributed by atoms with Gasteiger partial charge in [-0.3, -0.25) is 0 Å². The molecule has 0 aliphatic heterocycles. The molecule has 146 valence electrons. The lowest BCUT2D eigenvalue weighted by Gasteiger charge is -2.06. The Morgan fingerprint density at radius 2 is 1.93 bits per heavy atom. The molecular formula is C21H23ClN4OS. The summed E-state index contributed by atoms with van der Waals surface area (Å²) in [7, 11) is 0. The minimum absolute atomic E-state index is 0.401. The molecule has 0 spiro atoms. The molecule has 3 rings (SSSR count). The number of H-pyrrole nitrogens is 1. The zero-order chi connectivity index (χ0) is 19.8. The Morgan fingerprint density at radius 3 is 2.68 bits per heavy atom. The summed E-state index contributed by atoms with van der Waals surface area (Å²) >= 11 is 11.6. The zero-order valence-corrected chi connectivity index (χ0v) is 17.3. The number of hydrogen-bond acceptors (Lipinski definition) is 4. The van der Waals surface area contributed by atoms with Gasteiger partial charge < -0.3 is 4.74 Å². The molecule has 2 aromatic carbocycles. The summed E-state index contributed by atoms with van der Waals surface area (Å²) in [5.74, 6) is 1.43. The van der Waals surface area contributed by atoms with E-state index in [9.17, 15) is 0 Å². The minimum Gasteiger partial charge on any atom is -0.494 e. The molecule has 0 aliphatic carbocycles. The first-order valence-electron chi connectivity index (χ1n) is 9.38. The van der Waals surface area contributed by atoms with Crippen LogP contribution in [0, 0.1) is 4.77 Å². The predicted octanol–water partition coefficient (Wildman–Crippen LogP) is 6.10. The maximum absolute atomic E-state index is 6.28. The van der Waals surface area contributed by atoms with Gasteiger partial charge in [0.25, 0.3) is 0 Å². The molecule has 0 fully saturated rings. The second-order valence-electron chi connectivity index (χ2n) is 6.37. The van der Waals surface area contributed by atoms with E-state index in [0.29, 0.717) is 15.6 Å². The van der Waals surface area contributed by atoms with Crippen LogP contribution in [0.4, 0.5) is 0 Å². The average molecular weight is 415 g/mol. The molecule has 0 atom stereocenters. The average Bonchev–Trinajstić information content (AvgIpc) is 3.08. The summed E-state index contributed by atoms with van der Waals surface area (Å²) in [5, 5.41) is 12.1. The molecule has 0 saturated carbocycles. The number of aromatic nitrogens is 3. The standard InChI is InChI=1S/C21H23ClN4OS/c1-2-3-4-7-14-27-17-12-10-16(11-13-17)15-23-26-20(24-25-21(26)28)18-8-5-6-9-19(18)22/h5-6,8-13,15H,2-4,7,14H2,1H3,(H,25,28)/b23-15-. The Labute approximate surface area is 175 Å². The number of aromatic amines is 1. The second kappa shape index (κ2) is 10.2. The van der Waals surface area contributed by atoms with E-state index < -0.39 is 0 Å². The molecule has 0 bridgehead atoms. The van der Waals surface area contributed by atoms with Crippen LogP contribution in [-0.2, 0) is 0 Å². The summed E-state index contributed by atoms with van der Waals surface area (Å²) in [6.07, 6.45) is 6.51. The highest BCUT2D eigenvalue weighted by molar-refractivity contribution is 7.71. The normalized spacial score (nSPS) is 11.2. The monoisotopic (exact) mass is 414 g/mol. The Morgan fingerprint density at radius 1 is 1.14 bits per heavy atom. The van der Waals surface area contributed by atoms with Gasteiger partial charge in [0.1, 0.15) is 5.75 Å². The van der Waals surface area contributed by atoms with E-state index in [4.69, 9.17) is 28.6 Å². The van der Waals surface area contributed by atoms with Crippen molar-refractivity contribution in [1.82, 2.24) is 14.9 Å². The van der Waals surface area contributed by atoms with Crippen LogP contribution >= 0.6 is 23.8 Å². The van der Waals surface area contributed by atoms with Crippen LogP contribution in [0.5, 0.6) is 5.75 Å². The molecule has 28 heavy (non-hydrogen) atoms. The first kappa shape index (κ1) is 20.3. The highest BCUT2D eigenvalue weighted by atomic mass is 35.5. The Kier molecular flexibility index (Phi) is 7.39. The molecule has 0 radical (unpaired) electrons. The molecule has 5 nitrogen and oxygen atoms in total. The van der Waals surface area contributed by atoms with Crippen molar-refractivity contribution < 1.29 is 4.74 Å². The zero-order valence-electron chi connectivity index (χ0n) is 15.8. The molecule has 0 saturated heterocycles. The number of benzene rings is 2. The molecule has 1 aromatic heterocycles. The summed E-state index contributed by atoms with van der Waals surface area (Å²) in [4.78, 5) is 0. The molecule has 1 N–H and O–H groups in total. The lowest BCUT2D eigenvalue weighted by Crippen LogP contribution is -1.98. The van der Waals surface area contributed by atoms with E-state index in [1.54, 1.807) is 10.9 Å². The first-order chi connectivity index (χ1) is 13.7. The SMILES string of the molecule is CCCCCCOc1ccc(/C=N\n2c(-c3ccccc3Cl)n[nH]c2=S)cc1. The van der Waals surface area contributed by atoms with E-state index in [1.165, 1.54) is 19.3 Å². The van der Waals surface area contributed by atoms with E-state index >= 15 is 0 Å². The van der Waals surface area contributed by atoms with E-state index in [2.05, 4.69) is 22.2 Å². The van der Waals surface area contributed by atoms with Crippen molar-refractivity contribution in [3.05, 3.63) is 63.9 Å². The maximum atomic E-state index is 6.28.